The number of nitrogens with zero attached hydrogens (tertiary/aromatic N) is 4. The fourth-order valence-electron chi connectivity index (χ4n) is 2.05. The third-order valence-corrected chi connectivity index (χ3v) is 3.35. The normalized spacial score (nSPS) is 10.7. The van der Waals surface area contributed by atoms with Gasteiger partial charge in [0.05, 0.1) is 6.54 Å². The van der Waals surface area contributed by atoms with Gasteiger partial charge in [0.15, 0.2) is 5.82 Å². The van der Waals surface area contributed by atoms with Gasteiger partial charge in [0.25, 0.3) is 0 Å². The maximum atomic E-state index is 5.99. The molecule has 0 spiro atoms. The van der Waals surface area contributed by atoms with Crippen molar-refractivity contribution in [2.75, 3.05) is 11.5 Å². The van der Waals surface area contributed by atoms with E-state index in [2.05, 4.69) is 15.5 Å². The number of halogens is 1. The summed E-state index contributed by atoms with van der Waals surface area (Å²) in [5.41, 5.74) is 14.6. The summed E-state index contributed by atoms with van der Waals surface area (Å²) in [5, 5.41) is 12.5. The zero-order chi connectivity index (χ0) is 14.8. The minimum atomic E-state index is 0.531. The Morgan fingerprint density at radius 2 is 1.81 bits per heavy atom. The molecule has 0 radical (unpaired) electrons. The summed E-state index contributed by atoms with van der Waals surface area (Å²) in [6.45, 7) is 0.531. The summed E-state index contributed by atoms with van der Waals surface area (Å²) in [4.78, 5) is 0. The van der Waals surface area contributed by atoms with E-state index in [1.54, 1.807) is 16.8 Å². The van der Waals surface area contributed by atoms with Crippen LogP contribution in [0.2, 0.25) is 5.02 Å². The number of nitrogens with two attached hydrogens (primary N) is 2. The van der Waals surface area contributed by atoms with Crippen LogP contribution in [0.5, 0.6) is 0 Å². The average Bonchev–Trinajstić information content (AvgIpc) is 2.89. The molecule has 0 atom stereocenters. The van der Waals surface area contributed by atoms with Crippen molar-refractivity contribution < 1.29 is 0 Å². The number of nitrogen functional groups attached to an aromatic ring is 2. The number of rotatable bonds is 3. The van der Waals surface area contributed by atoms with Crippen LogP contribution >= 0.6 is 11.6 Å². The molecule has 106 valence electrons. The molecule has 2 aromatic carbocycles. The zero-order valence-electron chi connectivity index (χ0n) is 11.1. The standard InChI is InChI=1S/C14H13ClN6/c15-10-3-1-9(2-4-10)8-21-14(18-19-20-21)12-6-5-11(16)7-13(12)17/h1-7H,8,16-17H2. The van der Waals surface area contributed by atoms with E-state index in [0.29, 0.717) is 28.8 Å². The van der Waals surface area contributed by atoms with Gasteiger partial charge in [0.2, 0.25) is 0 Å². The predicted molar refractivity (Wildman–Crippen MR) is 82.6 cm³/mol. The Morgan fingerprint density at radius 3 is 2.52 bits per heavy atom. The van der Waals surface area contributed by atoms with Crippen molar-refractivity contribution in [3.05, 3.63) is 53.1 Å². The van der Waals surface area contributed by atoms with Crippen LogP contribution in [0.25, 0.3) is 11.4 Å². The predicted octanol–water partition coefficient (Wildman–Crippen LogP) is 2.21. The quantitative estimate of drug-likeness (QED) is 0.723. The number of hydrogen-bond acceptors (Lipinski definition) is 5. The lowest BCUT2D eigenvalue weighted by atomic mass is 10.1. The molecule has 0 amide bonds. The minimum Gasteiger partial charge on any atom is -0.399 e. The van der Waals surface area contributed by atoms with Crippen LogP contribution in [0.3, 0.4) is 0 Å². The van der Waals surface area contributed by atoms with Crippen LogP contribution < -0.4 is 11.5 Å². The Kier molecular flexibility index (Phi) is 3.45. The van der Waals surface area contributed by atoms with Crippen molar-refractivity contribution in [2.24, 2.45) is 0 Å². The average molecular weight is 301 g/mol. The molecule has 0 unspecified atom stereocenters. The summed E-state index contributed by atoms with van der Waals surface area (Å²) >= 11 is 5.88. The Labute approximate surface area is 126 Å². The number of hydrogen-bond donors (Lipinski definition) is 2. The molecule has 3 aromatic rings. The van der Waals surface area contributed by atoms with E-state index >= 15 is 0 Å². The molecule has 0 aliphatic rings. The minimum absolute atomic E-state index is 0.531. The number of tetrazole rings is 1. The van der Waals surface area contributed by atoms with Crippen LogP contribution in [-0.4, -0.2) is 20.2 Å². The van der Waals surface area contributed by atoms with Crippen molar-refractivity contribution in [2.45, 2.75) is 6.54 Å². The third kappa shape index (κ3) is 2.80. The molecular weight excluding hydrogens is 288 g/mol. The van der Waals surface area contributed by atoms with Gasteiger partial charge < -0.3 is 11.5 Å². The fraction of sp³-hybridized carbons (Fsp3) is 0.0714. The number of anilines is 2. The van der Waals surface area contributed by atoms with Gasteiger partial charge in [-0.15, -0.1) is 5.10 Å². The molecule has 1 heterocycles. The molecule has 0 aliphatic heterocycles. The van der Waals surface area contributed by atoms with Crippen LogP contribution in [-0.2, 0) is 6.54 Å². The lowest BCUT2D eigenvalue weighted by Gasteiger charge is -2.08. The molecule has 6 nitrogen and oxygen atoms in total. The molecule has 0 saturated heterocycles. The summed E-state index contributed by atoms with van der Waals surface area (Å²) < 4.78 is 1.69. The van der Waals surface area contributed by atoms with Crippen molar-refractivity contribution in [1.82, 2.24) is 20.2 Å². The van der Waals surface area contributed by atoms with Crippen molar-refractivity contribution in [3.63, 3.8) is 0 Å². The topological polar surface area (TPSA) is 95.6 Å². The van der Waals surface area contributed by atoms with Crippen molar-refractivity contribution in [3.8, 4) is 11.4 Å². The summed E-state index contributed by atoms with van der Waals surface area (Å²) in [5.74, 6) is 0.599. The number of benzene rings is 2. The van der Waals surface area contributed by atoms with E-state index < -0.39 is 0 Å². The highest BCUT2D eigenvalue weighted by Gasteiger charge is 2.12. The molecule has 7 heteroatoms. The van der Waals surface area contributed by atoms with Gasteiger partial charge in [-0.1, -0.05) is 23.7 Å². The first kappa shape index (κ1) is 13.4. The molecule has 1 aromatic heterocycles. The van der Waals surface area contributed by atoms with Crippen LogP contribution in [0.1, 0.15) is 5.56 Å². The molecule has 0 bridgehead atoms. The zero-order valence-corrected chi connectivity index (χ0v) is 11.8. The second-order valence-electron chi connectivity index (χ2n) is 4.63. The molecule has 0 aliphatic carbocycles. The van der Waals surface area contributed by atoms with Crippen LogP contribution in [0.15, 0.2) is 42.5 Å². The maximum Gasteiger partial charge on any atom is 0.184 e. The van der Waals surface area contributed by atoms with Crippen LogP contribution in [0.4, 0.5) is 11.4 Å². The first-order valence-electron chi connectivity index (χ1n) is 6.29. The van der Waals surface area contributed by atoms with Gasteiger partial charge in [-0.25, -0.2) is 4.68 Å². The van der Waals surface area contributed by atoms with Gasteiger partial charge in [-0.2, -0.15) is 0 Å². The highest BCUT2D eigenvalue weighted by molar-refractivity contribution is 6.30. The van der Waals surface area contributed by atoms with E-state index in [1.807, 2.05) is 30.3 Å². The molecular formula is C14H13ClN6. The van der Waals surface area contributed by atoms with Gasteiger partial charge in [0.1, 0.15) is 0 Å². The van der Waals surface area contributed by atoms with Gasteiger partial charge in [0, 0.05) is 22.0 Å². The lowest BCUT2D eigenvalue weighted by molar-refractivity contribution is 0.653. The van der Waals surface area contributed by atoms with Gasteiger partial charge in [-0.05, 0) is 46.3 Å². The second kappa shape index (κ2) is 5.41. The molecule has 0 saturated carbocycles. The Bertz CT molecular complexity index is 765. The van der Waals surface area contributed by atoms with E-state index in [9.17, 15) is 0 Å². The smallest absolute Gasteiger partial charge is 0.184 e. The lowest BCUT2D eigenvalue weighted by Crippen LogP contribution is -2.05. The summed E-state index contributed by atoms with van der Waals surface area (Å²) in [7, 11) is 0. The maximum absolute atomic E-state index is 5.99. The highest BCUT2D eigenvalue weighted by atomic mass is 35.5. The first-order chi connectivity index (χ1) is 10.1. The van der Waals surface area contributed by atoms with Crippen LogP contribution in [0, 0.1) is 0 Å². The largest absolute Gasteiger partial charge is 0.399 e. The van der Waals surface area contributed by atoms with E-state index in [-0.39, 0.29) is 0 Å². The van der Waals surface area contributed by atoms with E-state index in [0.717, 1.165) is 11.1 Å². The first-order valence-corrected chi connectivity index (χ1v) is 6.67. The Hall–Kier alpha value is -2.60. The van der Waals surface area contributed by atoms with Gasteiger partial charge in [-0.3, -0.25) is 0 Å². The molecule has 21 heavy (non-hydrogen) atoms. The summed E-state index contributed by atoms with van der Waals surface area (Å²) in [6.07, 6.45) is 0. The van der Waals surface area contributed by atoms with E-state index in [4.69, 9.17) is 23.1 Å². The summed E-state index contributed by atoms with van der Waals surface area (Å²) in [6, 6.07) is 12.8. The van der Waals surface area contributed by atoms with Crippen molar-refractivity contribution in [1.29, 1.82) is 0 Å². The Morgan fingerprint density at radius 1 is 1.05 bits per heavy atom. The highest BCUT2D eigenvalue weighted by Crippen LogP contribution is 2.25. The second-order valence-corrected chi connectivity index (χ2v) is 5.07. The number of aromatic nitrogens is 4. The SMILES string of the molecule is Nc1ccc(-c2nnnn2Cc2ccc(Cl)cc2)c(N)c1. The fourth-order valence-corrected chi connectivity index (χ4v) is 2.18. The third-order valence-electron chi connectivity index (χ3n) is 3.09. The molecule has 4 N–H and O–H groups in total. The van der Waals surface area contributed by atoms with E-state index in [1.165, 1.54) is 0 Å². The molecule has 3 rings (SSSR count). The Balaban J connectivity index is 1.95. The monoisotopic (exact) mass is 300 g/mol. The molecule has 0 fully saturated rings. The van der Waals surface area contributed by atoms with Gasteiger partial charge >= 0.3 is 0 Å². The van der Waals surface area contributed by atoms with Crippen molar-refractivity contribution >= 4 is 23.0 Å².